The Kier molecular flexibility index (Phi) is 5.98. The predicted octanol–water partition coefficient (Wildman–Crippen LogP) is 5.34. The van der Waals surface area contributed by atoms with Crippen molar-refractivity contribution in [2.75, 3.05) is 6.54 Å². The molecule has 1 amide bonds. The number of nitrogens with one attached hydrogen (secondary N) is 1. The molecule has 1 aliphatic rings. The molecule has 11 heteroatoms. The Morgan fingerprint density at radius 2 is 1.79 bits per heavy atom. The monoisotopic (exact) mass is 471 g/mol. The molecule has 5 nitrogen and oxygen atoms in total. The number of benzene rings is 2. The van der Waals surface area contributed by atoms with Crippen LogP contribution < -0.4 is 5.32 Å². The third-order valence-electron chi connectivity index (χ3n) is 5.97. The normalized spacial score (nSPS) is 19.1. The maximum absolute atomic E-state index is 13.8. The first kappa shape index (κ1) is 22.9. The van der Waals surface area contributed by atoms with Crippen molar-refractivity contribution >= 4 is 16.8 Å². The number of carbonyl (C=O) groups excluding carboxylic acids is 1. The fourth-order valence-corrected chi connectivity index (χ4v) is 4.10. The van der Waals surface area contributed by atoms with Crippen molar-refractivity contribution in [3.63, 3.8) is 0 Å². The van der Waals surface area contributed by atoms with Gasteiger partial charge in [0.2, 0.25) is 5.82 Å². The summed E-state index contributed by atoms with van der Waals surface area (Å²) in [6, 6.07) is 3.81. The second-order valence-electron chi connectivity index (χ2n) is 8.15. The van der Waals surface area contributed by atoms with Crippen molar-refractivity contribution in [2.45, 2.75) is 37.9 Å². The number of aromatic nitrogens is 2. The van der Waals surface area contributed by atoms with Gasteiger partial charge in [0.05, 0.1) is 22.7 Å². The average Bonchev–Trinajstić information content (AvgIpc) is 3.21. The van der Waals surface area contributed by atoms with Gasteiger partial charge in [-0.15, -0.1) is 0 Å². The van der Waals surface area contributed by atoms with E-state index in [-0.39, 0.29) is 18.5 Å². The first-order valence-electron chi connectivity index (χ1n) is 10.3. The lowest BCUT2D eigenvalue weighted by Gasteiger charge is -2.28. The van der Waals surface area contributed by atoms with Gasteiger partial charge in [-0.05, 0) is 55.9 Å². The molecule has 33 heavy (non-hydrogen) atoms. The highest BCUT2D eigenvalue weighted by molar-refractivity contribution is 5.94. The highest BCUT2D eigenvalue weighted by Crippen LogP contribution is 2.34. The van der Waals surface area contributed by atoms with Crippen LogP contribution in [0.3, 0.4) is 0 Å². The van der Waals surface area contributed by atoms with Crippen molar-refractivity contribution in [3.8, 4) is 5.75 Å². The largest absolute Gasteiger partial charge is 0.503 e. The van der Waals surface area contributed by atoms with Crippen molar-refractivity contribution in [3.05, 3.63) is 59.0 Å². The van der Waals surface area contributed by atoms with Gasteiger partial charge >= 0.3 is 6.18 Å². The molecule has 0 saturated heterocycles. The van der Waals surface area contributed by atoms with Crippen LogP contribution in [0.25, 0.3) is 10.9 Å². The molecule has 176 valence electrons. The Bertz CT molecular complexity index is 1200. The molecule has 2 aromatic carbocycles. The number of aromatic hydroxyl groups is 1. The molecule has 0 spiro atoms. The molecule has 2 N–H and O–H groups in total. The molecule has 1 aliphatic carbocycles. The molecule has 3 aromatic rings. The van der Waals surface area contributed by atoms with Gasteiger partial charge in [-0.1, -0.05) is 0 Å². The molecular formula is C22H19F6N3O2. The van der Waals surface area contributed by atoms with E-state index in [4.69, 9.17) is 5.11 Å². The molecule has 0 aliphatic heterocycles. The number of halogens is 6. The van der Waals surface area contributed by atoms with Gasteiger partial charge in [-0.2, -0.15) is 22.7 Å². The van der Waals surface area contributed by atoms with Crippen LogP contribution in [-0.2, 0) is 6.18 Å². The van der Waals surface area contributed by atoms with Gasteiger partial charge < -0.3 is 10.4 Å². The van der Waals surface area contributed by atoms with E-state index in [0.29, 0.717) is 42.7 Å². The van der Waals surface area contributed by atoms with Crippen LogP contribution in [0.1, 0.15) is 47.6 Å². The van der Waals surface area contributed by atoms with Gasteiger partial charge in [0.1, 0.15) is 0 Å². The van der Waals surface area contributed by atoms with Crippen LogP contribution >= 0.6 is 0 Å². The summed E-state index contributed by atoms with van der Waals surface area (Å²) in [5, 5.41) is 16.3. The Morgan fingerprint density at radius 3 is 2.45 bits per heavy atom. The lowest BCUT2D eigenvalue weighted by molar-refractivity contribution is -0.137. The first-order chi connectivity index (χ1) is 15.5. The average molecular weight is 471 g/mol. The van der Waals surface area contributed by atoms with Crippen LogP contribution in [-0.4, -0.2) is 27.3 Å². The second-order valence-corrected chi connectivity index (χ2v) is 8.15. The molecule has 1 heterocycles. The first-order valence-corrected chi connectivity index (χ1v) is 10.3. The van der Waals surface area contributed by atoms with E-state index in [1.165, 1.54) is 6.07 Å². The van der Waals surface area contributed by atoms with E-state index in [1.807, 2.05) is 0 Å². The fraction of sp³-hybridized carbons (Fsp3) is 0.364. The zero-order valence-corrected chi connectivity index (χ0v) is 17.1. The van der Waals surface area contributed by atoms with Gasteiger partial charge in [0.15, 0.2) is 17.4 Å². The van der Waals surface area contributed by atoms with Crippen LogP contribution in [0, 0.1) is 23.4 Å². The maximum Gasteiger partial charge on any atom is 0.416 e. The number of phenols is 1. The third-order valence-corrected chi connectivity index (χ3v) is 5.97. The minimum Gasteiger partial charge on any atom is -0.503 e. The summed E-state index contributed by atoms with van der Waals surface area (Å²) < 4.78 is 81.1. The Labute approximate surface area is 184 Å². The summed E-state index contributed by atoms with van der Waals surface area (Å²) in [6.07, 6.45) is -0.187. The SMILES string of the molecule is O=C(NC[C@H]1CC[C@H](n2cc3cc(C(F)(F)F)ccc3n2)CC1)c1cc(F)c(O)c(F)c1F. The zero-order chi connectivity index (χ0) is 23.9. The number of amides is 1. The summed E-state index contributed by atoms with van der Waals surface area (Å²) >= 11 is 0. The van der Waals surface area contributed by atoms with Crippen LogP contribution in [0.2, 0.25) is 0 Å². The summed E-state index contributed by atoms with van der Waals surface area (Å²) in [5.41, 5.74) is -1.11. The quantitative estimate of drug-likeness (QED) is 0.399. The summed E-state index contributed by atoms with van der Waals surface area (Å²) in [6.45, 7) is 0.158. The zero-order valence-electron chi connectivity index (χ0n) is 17.1. The van der Waals surface area contributed by atoms with E-state index in [1.54, 1.807) is 10.9 Å². The summed E-state index contributed by atoms with van der Waals surface area (Å²) in [7, 11) is 0. The molecule has 1 fully saturated rings. The minimum atomic E-state index is -4.43. The Balaban J connectivity index is 1.35. The van der Waals surface area contributed by atoms with E-state index >= 15 is 0 Å². The molecular weight excluding hydrogens is 452 g/mol. The molecule has 0 atom stereocenters. The van der Waals surface area contributed by atoms with E-state index in [0.717, 1.165) is 12.1 Å². The van der Waals surface area contributed by atoms with Crippen LogP contribution in [0.15, 0.2) is 30.5 Å². The number of hydrogen-bond donors (Lipinski definition) is 2. The van der Waals surface area contributed by atoms with Gasteiger partial charge in [0.25, 0.3) is 5.91 Å². The van der Waals surface area contributed by atoms with Gasteiger partial charge in [-0.3, -0.25) is 9.48 Å². The highest BCUT2D eigenvalue weighted by Gasteiger charge is 2.31. The number of hydrogen-bond acceptors (Lipinski definition) is 3. The molecule has 4 rings (SSSR count). The number of nitrogens with zero attached hydrogens (tertiary/aromatic N) is 2. The Morgan fingerprint density at radius 1 is 1.09 bits per heavy atom. The number of alkyl halides is 3. The second kappa shape index (κ2) is 8.60. The lowest BCUT2D eigenvalue weighted by Crippen LogP contribution is -2.32. The third kappa shape index (κ3) is 4.62. The molecule has 0 radical (unpaired) electrons. The molecule has 1 aromatic heterocycles. The van der Waals surface area contributed by atoms with E-state index < -0.39 is 46.4 Å². The number of fused-ring (bicyclic) bond motifs is 1. The Hall–Kier alpha value is -3.24. The van der Waals surface area contributed by atoms with Crippen molar-refractivity contribution < 1.29 is 36.2 Å². The minimum absolute atomic E-state index is 0.0172. The standard InChI is InChI=1S/C22H19F6N3O2/c23-16-8-15(18(24)19(25)20(16)32)21(33)29-9-11-1-4-14(5-2-11)31-10-12-7-13(22(26,27)28)3-6-17(12)30-31/h3,6-8,10-11,14,32H,1-2,4-5,9H2,(H,29,33)/t11-,14-. The van der Waals surface area contributed by atoms with Gasteiger partial charge in [0, 0.05) is 18.1 Å². The van der Waals surface area contributed by atoms with Crippen LogP contribution in [0.4, 0.5) is 26.3 Å². The summed E-state index contributed by atoms with van der Waals surface area (Å²) in [5.74, 6) is -7.34. The van der Waals surface area contributed by atoms with E-state index in [2.05, 4.69) is 10.4 Å². The van der Waals surface area contributed by atoms with Crippen LogP contribution in [0.5, 0.6) is 5.75 Å². The molecule has 0 unspecified atom stereocenters. The van der Waals surface area contributed by atoms with Crippen molar-refractivity contribution in [1.82, 2.24) is 15.1 Å². The fourth-order valence-electron chi connectivity index (χ4n) is 4.10. The maximum atomic E-state index is 13.8. The number of phenolic OH excluding ortho intramolecular Hbond substituents is 1. The van der Waals surface area contributed by atoms with Crippen molar-refractivity contribution in [2.24, 2.45) is 5.92 Å². The molecule has 0 bridgehead atoms. The van der Waals surface area contributed by atoms with Gasteiger partial charge in [-0.25, -0.2) is 8.78 Å². The predicted molar refractivity (Wildman–Crippen MR) is 106 cm³/mol. The van der Waals surface area contributed by atoms with E-state index in [9.17, 15) is 31.1 Å². The molecule has 1 saturated carbocycles. The number of rotatable bonds is 4. The smallest absolute Gasteiger partial charge is 0.416 e. The van der Waals surface area contributed by atoms with Crippen molar-refractivity contribution in [1.29, 1.82) is 0 Å². The highest BCUT2D eigenvalue weighted by atomic mass is 19.4. The topological polar surface area (TPSA) is 67.2 Å². The number of carbonyl (C=O) groups is 1. The lowest BCUT2D eigenvalue weighted by atomic mass is 9.86. The summed E-state index contributed by atoms with van der Waals surface area (Å²) in [4.78, 5) is 12.1.